The Bertz CT molecular complexity index is 374. The van der Waals surface area contributed by atoms with E-state index in [1.54, 1.807) is 6.20 Å². The summed E-state index contributed by atoms with van der Waals surface area (Å²) in [5.74, 6) is -0.0481. The molecule has 0 radical (unpaired) electrons. The van der Waals surface area contributed by atoms with Crippen LogP contribution in [0, 0.1) is 0 Å². The Morgan fingerprint density at radius 3 is 2.79 bits per heavy atom. The molecular formula is C12H24N6O. The molecule has 1 amide bonds. The quantitative estimate of drug-likeness (QED) is 0.594. The zero-order valence-corrected chi connectivity index (χ0v) is 11.8. The van der Waals surface area contributed by atoms with Gasteiger partial charge in [-0.15, -0.1) is 5.10 Å². The molecule has 1 aromatic heterocycles. The van der Waals surface area contributed by atoms with Crippen molar-refractivity contribution in [3.8, 4) is 0 Å². The van der Waals surface area contributed by atoms with Gasteiger partial charge in [0.2, 0.25) is 5.91 Å². The molecule has 1 rings (SSSR count). The van der Waals surface area contributed by atoms with Crippen molar-refractivity contribution >= 4 is 5.91 Å². The lowest BCUT2D eigenvalue weighted by Gasteiger charge is -2.17. The molecule has 0 aromatic carbocycles. The van der Waals surface area contributed by atoms with E-state index in [9.17, 15) is 4.79 Å². The summed E-state index contributed by atoms with van der Waals surface area (Å²) >= 11 is 0. The van der Waals surface area contributed by atoms with E-state index in [-0.39, 0.29) is 12.5 Å². The molecule has 0 aliphatic heterocycles. The van der Waals surface area contributed by atoms with E-state index in [1.165, 1.54) is 4.68 Å². The fraction of sp³-hybridized carbons (Fsp3) is 0.750. The summed E-state index contributed by atoms with van der Waals surface area (Å²) < 4.78 is 1.50. The predicted octanol–water partition coefficient (Wildman–Crippen LogP) is -0.415. The van der Waals surface area contributed by atoms with E-state index in [1.807, 2.05) is 0 Å². The largest absolute Gasteiger partial charge is 0.354 e. The van der Waals surface area contributed by atoms with Crippen molar-refractivity contribution in [2.75, 3.05) is 26.2 Å². The monoisotopic (exact) mass is 268 g/mol. The summed E-state index contributed by atoms with van der Waals surface area (Å²) in [5.41, 5.74) is 6.11. The number of nitrogens with one attached hydrogen (secondary N) is 1. The molecule has 0 fully saturated rings. The highest BCUT2D eigenvalue weighted by Gasteiger charge is 2.05. The number of rotatable bonds is 9. The van der Waals surface area contributed by atoms with Crippen LogP contribution in [0.3, 0.4) is 0 Å². The number of hydrogen-bond acceptors (Lipinski definition) is 5. The second-order valence-corrected chi connectivity index (χ2v) is 4.34. The predicted molar refractivity (Wildman–Crippen MR) is 73.3 cm³/mol. The number of hydrogen-bond donors (Lipinski definition) is 2. The number of carbonyl (C=O) groups is 1. The molecule has 0 spiro atoms. The van der Waals surface area contributed by atoms with Crippen LogP contribution in [0.15, 0.2) is 6.20 Å². The molecule has 0 bridgehead atoms. The first-order chi connectivity index (χ1) is 9.19. The van der Waals surface area contributed by atoms with Gasteiger partial charge in [0.1, 0.15) is 6.54 Å². The summed E-state index contributed by atoms with van der Waals surface area (Å²) in [7, 11) is 0. The average Bonchev–Trinajstić information content (AvgIpc) is 2.86. The van der Waals surface area contributed by atoms with Crippen molar-refractivity contribution < 1.29 is 4.79 Å². The van der Waals surface area contributed by atoms with Gasteiger partial charge in [-0.1, -0.05) is 19.1 Å². The van der Waals surface area contributed by atoms with Crippen molar-refractivity contribution in [3.05, 3.63) is 11.9 Å². The van der Waals surface area contributed by atoms with E-state index in [0.29, 0.717) is 18.8 Å². The second kappa shape index (κ2) is 8.60. The molecular weight excluding hydrogens is 244 g/mol. The first kappa shape index (κ1) is 15.6. The number of nitrogens with two attached hydrogens (primary N) is 1. The van der Waals surface area contributed by atoms with Crippen LogP contribution in [-0.4, -0.2) is 52.0 Å². The van der Waals surface area contributed by atoms with Crippen molar-refractivity contribution in [2.45, 2.75) is 33.4 Å². The minimum atomic E-state index is -0.0481. The number of nitrogens with zero attached hydrogens (tertiary/aromatic N) is 4. The lowest BCUT2D eigenvalue weighted by Crippen LogP contribution is -2.31. The fourth-order valence-electron chi connectivity index (χ4n) is 1.78. The molecule has 3 N–H and O–H groups in total. The number of amides is 1. The zero-order valence-electron chi connectivity index (χ0n) is 11.8. The Morgan fingerprint density at radius 2 is 2.21 bits per heavy atom. The molecule has 0 unspecified atom stereocenters. The maximum absolute atomic E-state index is 11.6. The third-order valence-electron chi connectivity index (χ3n) is 2.97. The highest BCUT2D eigenvalue weighted by molar-refractivity contribution is 5.75. The van der Waals surface area contributed by atoms with Crippen LogP contribution in [0.2, 0.25) is 0 Å². The highest BCUT2D eigenvalue weighted by atomic mass is 16.2. The molecule has 7 nitrogen and oxygen atoms in total. The third kappa shape index (κ3) is 5.80. The van der Waals surface area contributed by atoms with Crippen molar-refractivity contribution in [2.24, 2.45) is 5.73 Å². The number of carbonyl (C=O) groups excluding carboxylic acids is 1. The third-order valence-corrected chi connectivity index (χ3v) is 2.97. The van der Waals surface area contributed by atoms with Crippen LogP contribution in [-0.2, 0) is 17.9 Å². The van der Waals surface area contributed by atoms with Gasteiger partial charge in [0.15, 0.2) is 0 Å². The van der Waals surface area contributed by atoms with Gasteiger partial charge in [0.25, 0.3) is 0 Å². The maximum Gasteiger partial charge on any atom is 0.241 e. The standard InChI is InChI=1S/C12H24N6O/c1-3-17(4-2)7-5-6-14-12(19)10-18-9-11(8-13)15-16-18/h9H,3-8,10,13H2,1-2H3,(H,14,19). The van der Waals surface area contributed by atoms with Gasteiger partial charge in [-0.3, -0.25) is 4.79 Å². The van der Waals surface area contributed by atoms with Crippen LogP contribution in [0.5, 0.6) is 0 Å². The molecule has 1 aromatic rings. The molecule has 0 aliphatic carbocycles. The first-order valence-electron chi connectivity index (χ1n) is 6.77. The van der Waals surface area contributed by atoms with E-state index in [2.05, 4.69) is 34.4 Å². The molecule has 1 heterocycles. The van der Waals surface area contributed by atoms with Gasteiger partial charge < -0.3 is 16.0 Å². The summed E-state index contributed by atoms with van der Waals surface area (Å²) in [6.45, 7) is 8.60. The average molecular weight is 268 g/mol. The van der Waals surface area contributed by atoms with Gasteiger partial charge in [0, 0.05) is 13.1 Å². The Balaban J connectivity index is 2.17. The van der Waals surface area contributed by atoms with Gasteiger partial charge in [-0.05, 0) is 26.1 Å². The molecule has 0 saturated carbocycles. The number of aromatic nitrogens is 3. The van der Waals surface area contributed by atoms with Crippen molar-refractivity contribution in [1.82, 2.24) is 25.2 Å². The summed E-state index contributed by atoms with van der Waals surface area (Å²) in [6.07, 6.45) is 2.65. The van der Waals surface area contributed by atoms with Crippen molar-refractivity contribution in [3.63, 3.8) is 0 Å². The Kier molecular flexibility index (Phi) is 7.06. The minimum absolute atomic E-state index is 0.0481. The molecule has 0 saturated heterocycles. The fourth-order valence-corrected chi connectivity index (χ4v) is 1.78. The van der Waals surface area contributed by atoms with Gasteiger partial charge in [0.05, 0.1) is 11.9 Å². The highest BCUT2D eigenvalue weighted by Crippen LogP contribution is 1.92. The van der Waals surface area contributed by atoms with Gasteiger partial charge in [-0.2, -0.15) is 0 Å². The SMILES string of the molecule is CCN(CC)CCCNC(=O)Cn1cc(CN)nn1. The lowest BCUT2D eigenvalue weighted by atomic mass is 10.3. The van der Waals surface area contributed by atoms with E-state index >= 15 is 0 Å². The van der Waals surface area contributed by atoms with E-state index in [0.717, 1.165) is 26.1 Å². The summed E-state index contributed by atoms with van der Waals surface area (Å²) in [6, 6.07) is 0. The Labute approximate surface area is 114 Å². The minimum Gasteiger partial charge on any atom is -0.354 e. The topological polar surface area (TPSA) is 89.1 Å². The Hall–Kier alpha value is -1.47. The Morgan fingerprint density at radius 1 is 1.47 bits per heavy atom. The van der Waals surface area contributed by atoms with Crippen LogP contribution < -0.4 is 11.1 Å². The molecule has 0 atom stereocenters. The van der Waals surface area contributed by atoms with Gasteiger partial charge in [-0.25, -0.2) is 4.68 Å². The second-order valence-electron chi connectivity index (χ2n) is 4.34. The van der Waals surface area contributed by atoms with Crippen LogP contribution in [0.25, 0.3) is 0 Å². The van der Waals surface area contributed by atoms with E-state index in [4.69, 9.17) is 5.73 Å². The summed E-state index contributed by atoms with van der Waals surface area (Å²) in [5, 5.41) is 10.5. The smallest absolute Gasteiger partial charge is 0.241 e. The molecule has 19 heavy (non-hydrogen) atoms. The molecule has 108 valence electrons. The summed E-state index contributed by atoms with van der Waals surface area (Å²) in [4.78, 5) is 14.0. The molecule has 7 heteroatoms. The van der Waals surface area contributed by atoms with Crippen LogP contribution in [0.4, 0.5) is 0 Å². The zero-order chi connectivity index (χ0) is 14.1. The normalized spacial score (nSPS) is 10.9. The van der Waals surface area contributed by atoms with Crippen LogP contribution >= 0.6 is 0 Å². The maximum atomic E-state index is 11.6. The molecule has 0 aliphatic rings. The first-order valence-corrected chi connectivity index (χ1v) is 6.77. The van der Waals surface area contributed by atoms with Gasteiger partial charge >= 0.3 is 0 Å². The van der Waals surface area contributed by atoms with Crippen molar-refractivity contribution in [1.29, 1.82) is 0 Å². The van der Waals surface area contributed by atoms with Crippen LogP contribution in [0.1, 0.15) is 26.0 Å². The lowest BCUT2D eigenvalue weighted by molar-refractivity contribution is -0.121. The van der Waals surface area contributed by atoms with E-state index < -0.39 is 0 Å².